The van der Waals surface area contributed by atoms with Gasteiger partial charge in [-0.2, -0.15) is 5.26 Å². The molecule has 1 unspecified atom stereocenters. The summed E-state index contributed by atoms with van der Waals surface area (Å²) in [4.78, 5) is 4.60. The zero-order valence-electron chi connectivity index (χ0n) is 10.9. The first-order valence-corrected chi connectivity index (χ1v) is 7.02. The Hall–Kier alpha value is -1.05. The Morgan fingerprint density at radius 3 is 2.89 bits per heavy atom. The average Bonchev–Trinajstić information content (AvgIpc) is 2.38. The molecule has 1 aromatic rings. The third-order valence-corrected chi connectivity index (χ3v) is 4.23. The predicted molar refractivity (Wildman–Crippen MR) is 77.8 cm³/mol. The summed E-state index contributed by atoms with van der Waals surface area (Å²) in [5.41, 5.74) is 1.80. The molecule has 2 rings (SSSR count). The van der Waals surface area contributed by atoms with Gasteiger partial charge in [0.25, 0.3) is 0 Å². The zero-order valence-corrected chi connectivity index (χ0v) is 12.4. The van der Waals surface area contributed by atoms with Crippen LogP contribution in [0.1, 0.15) is 18.4 Å². The topological polar surface area (TPSA) is 30.3 Å². The number of likely N-dealkylation sites (N-methyl/N-ethyl adjacent to an activating group) is 1. The third-order valence-electron chi connectivity index (χ3n) is 3.57. The van der Waals surface area contributed by atoms with Crippen LogP contribution in [0.3, 0.4) is 0 Å². The molecule has 0 bridgehead atoms. The Bertz CT molecular complexity index is 465. The summed E-state index contributed by atoms with van der Waals surface area (Å²) in [6, 6.07) is 8.85. The minimum atomic E-state index is 0.573. The lowest BCUT2D eigenvalue weighted by atomic mass is 10.0. The van der Waals surface area contributed by atoms with E-state index in [1.165, 1.54) is 12.8 Å². The lowest BCUT2D eigenvalue weighted by Crippen LogP contribution is -2.45. The van der Waals surface area contributed by atoms with E-state index in [0.29, 0.717) is 6.04 Å². The Morgan fingerprint density at radius 2 is 2.22 bits per heavy atom. The first-order chi connectivity index (χ1) is 8.63. The van der Waals surface area contributed by atoms with Gasteiger partial charge < -0.3 is 9.80 Å². The number of nitrogens with zero attached hydrogens (tertiary/aromatic N) is 3. The molecule has 1 saturated heterocycles. The minimum absolute atomic E-state index is 0.573. The summed E-state index contributed by atoms with van der Waals surface area (Å²) in [6.07, 6.45) is 2.42. The molecule has 3 nitrogen and oxygen atoms in total. The molecule has 0 aliphatic carbocycles. The van der Waals surface area contributed by atoms with Crippen LogP contribution in [0.2, 0.25) is 0 Å². The Labute approximate surface area is 117 Å². The van der Waals surface area contributed by atoms with Crippen LogP contribution in [0, 0.1) is 11.3 Å². The molecule has 1 aliphatic rings. The van der Waals surface area contributed by atoms with E-state index < -0.39 is 0 Å². The van der Waals surface area contributed by atoms with Crippen LogP contribution in [0.5, 0.6) is 0 Å². The molecule has 1 fully saturated rings. The summed E-state index contributed by atoms with van der Waals surface area (Å²) in [5, 5.41) is 9.29. The van der Waals surface area contributed by atoms with Crippen molar-refractivity contribution >= 4 is 21.6 Å². The van der Waals surface area contributed by atoms with Crippen LogP contribution in [0.4, 0.5) is 5.69 Å². The largest absolute Gasteiger partial charge is 0.369 e. The average molecular weight is 308 g/mol. The lowest BCUT2D eigenvalue weighted by Gasteiger charge is -2.37. The van der Waals surface area contributed by atoms with Crippen LogP contribution in [-0.2, 0) is 0 Å². The molecule has 0 aromatic heterocycles. The van der Waals surface area contributed by atoms with Crippen molar-refractivity contribution in [3.8, 4) is 6.07 Å². The van der Waals surface area contributed by atoms with E-state index in [9.17, 15) is 5.26 Å². The normalized spacial score (nSPS) is 19.9. The maximum atomic E-state index is 9.29. The maximum absolute atomic E-state index is 9.29. The fourth-order valence-electron chi connectivity index (χ4n) is 2.48. The van der Waals surface area contributed by atoms with Gasteiger partial charge in [-0.3, -0.25) is 0 Å². The third kappa shape index (κ3) is 2.68. The van der Waals surface area contributed by atoms with Crippen LogP contribution in [0.25, 0.3) is 0 Å². The van der Waals surface area contributed by atoms with E-state index in [1.807, 2.05) is 18.2 Å². The molecule has 0 N–H and O–H groups in total. The molecule has 4 heteroatoms. The molecule has 0 saturated carbocycles. The van der Waals surface area contributed by atoms with Crippen molar-refractivity contribution in [2.45, 2.75) is 18.9 Å². The second-order valence-corrected chi connectivity index (χ2v) is 5.81. The van der Waals surface area contributed by atoms with Gasteiger partial charge in [0.2, 0.25) is 0 Å². The maximum Gasteiger partial charge on any atom is 0.103 e. The number of anilines is 1. The molecule has 1 atom stereocenters. The van der Waals surface area contributed by atoms with Crippen molar-refractivity contribution in [3.05, 3.63) is 28.2 Å². The second kappa shape index (κ2) is 5.73. The summed E-state index contributed by atoms with van der Waals surface area (Å²) < 4.78 is 0.884. The van der Waals surface area contributed by atoms with Crippen molar-refractivity contribution in [3.63, 3.8) is 0 Å². The molecule has 1 aromatic carbocycles. The van der Waals surface area contributed by atoms with Gasteiger partial charge in [0.05, 0.1) is 11.3 Å². The lowest BCUT2D eigenvalue weighted by molar-refractivity contribution is 0.258. The highest BCUT2D eigenvalue weighted by atomic mass is 79.9. The number of rotatable bonds is 2. The van der Waals surface area contributed by atoms with Crippen molar-refractivity contribution in [2.75, 3.05) is 32.1 Å². The summed E-state index contributed by atoms with van der Waals surface area (Å²) >= 11 is 3.46. The number of hydrogen-bond acceptors (Lipinski definition) is 3. The molecule has 0 radical (unpaired) electrons. The second-order valence-electron chi connectivity index (χ2n) is 4.95. The van der Waals surface area contributed by atoms with Gasteiger partial charge in [0.15, 0.2) is 0 Å². The van der Waals surface area contributed by atoms with Gasteiger partial charge in [-0.25, -0.2) is 0 Å². The van der Waals surface area contributed by atoms with Crippen LogP contribution in [0.15, 0.2) is 22.7 Å². The van der Waals surface area contributed by atoms with Crippen molar-refractivity contribution in [2.24, 2.45) is 0 Å². The first-order valence-electron chi connectivity index (χ1n) is 6.23. The molecule has 1 heterocycles. The monoisotopic (exact) mass is 307 g/mol. The fraction of sp³-hybridized carbons (Fsp3) is 0.500. The molecular weight excluding hydrogens is 290 g/mol. The smallest absolute Gasteiger partial charge is 0.103 e. The molecule has 18 heavy (non-hydrogen) atoms. The van der Waals surface area contributed by atoms with Crippen LogP contribution < -0.4 is 4.90 Å². The Morgan fingerprint density at radius 1 is 1.44 bits per heavy atom. The Balaban J connectivity index is 2.27. The number of halogens is 1. The molecule has 96 valence electrons. The van der Waals surface area contributed by atoms with E-state index in [1.54, 1.807) is 0 Å². The summed E-state index contributed by atoms with van der Waals surface area (Å²) in [5.74, 6) is 0. The van der Waals surface area contributed by atoms with Gasteiger partial charge >= 0.3 is 0 Å². The van der Waals surface area contributed by atoms with Crippen molar-refractivity contribution < 1.29 is 0 Å². The molecular formula is C14H18BrN3. The summed E-state index contributed by atoms with van der Waals surface area (Å²) in [7, 11) is 4.25. The van der Waals surface area contributed by atoms with Gasteiger partial charge in [-0.15, -0.1) is 0 Å². The fourth-order valence-corrected chi connectivity index (χ4v) is 2.93. The minimum Gasteiger partial charge on any atom is -0.369 e. The van der Waals surface area contributed by atoms with E-state index >= 15 is 0 Å². The molecule has 1 aliphatic heterocycles. The number of benzene rings is 1. The summed E-state index contributed by atoms with van der Waals surface area (Å²) in [6.45, 7) is 2.04. The molecule has 0 amide bonds. The Kier molecular flexibility index (Phi) is 4.26. The van der Waals surface area contributed by atoms with Gasteiger partial charge in [0, 0.05) is 23.6 Å². The van der Waals surface area contributed by atoms with Crippen LogP contribution >= 0.6 is 15.9 Å². The van der Waals surface area contributed by atoms with Gasteiger partial charge in [-0.1, -0.05) is 6.07 Å². The van der Waals surface area contributed by atoms with Gasteiger partial charge in [-0.05, 0) is 55.0 Å². The first kappa shape index (κ1) is 13.4. The highest BCUT2D eigenvalue weighted by Gasteiger charge is 2.23. The zero-order chi connectivity index (χ0) is 13.1. The van der Waals surface area contributed by atoms with E-state index in [4.69, 9.17) is 0 Å². The van der Waals surface area contributed by atoms with Crippen LogP contribution in [-0.4, -0.2) is 38.1 Å². The quantitative estimate of drug-likeness (QED) is 0.841. The van der Waals surface area contributed by atoms with Gasteiger partial charge in [0.1, 0.15) is 6.07 Å². The highest BCUT2D eigenvalue weighted by Crippen LogP contribution is 2.29. The predicted octanol–water partition coefficient (Wildman–Crippen LogP) is 2.85. The number of nitriles is 1. The van der Waals surface area contributed by atoms with E-state index in [0.717, 1.165) is 28.8 Å². The van der Waals surface area contributed by atoms with Crippen molar-refractivity contribution in [1.29, 1.82) is 5.26 Å². The van der Waals surface area contributed by atoms with E-state index in [2.05, 4.69) is 45.9 Å². The van der Waals surface area contributed by atoms with E-state index in [-0.39, 0.29) is 0 Å². The number of hydrogen-bond donors (Lipinski definition) is 0. The van der Waals surface area contributed by atoms with Crippen molar-refractivity contribution in [1.82, 2.24) is 4.90 Å². The SMILES string of the molecule is CN(C)C1CCCN(c2cccc(Br)c2C#N)C1. The number of piperidine rings is 1. The standard InChI is InChI=1S/C14H18BrN3/c1-17(2)11-5-4-8-18(10-11)14-7-3-6-13(15)12(14)9-16/h3,6-7,11H,4-5,8,10H2,1-2H3. The molecule has 0 spiro atoms. The highest BCUT2D eigenvalue weighted by molar-refractivity contribution is 9.10.